The molecule has 0 bridgehead atoms. The van der Waals surface area contributed by atoms with E-state index in [0.29, 0.717) is 30.9 Å². The third-order valence-electron chi connectivity index (χ3n) is 3.25. The predicted molar refractivity (Wildman–Crippen MR) is 81.0 cm³/mol. The molecular formula is C15H21N3O3. The normalized spacial score (nSPS) is 13.6. The molecule has 4 N–H and O–H groups in total. The Balaban J connectivity index is 1.83. The molecule has 1 aliphatic carbocycles. The highest BCUT2D eigenvalue weighted by atomic mass is 16.5. The van der Waals surface area contributed by atoms with Gasteiger partial charge in [0, 0.05) is 30.4 Å². The number of carbonyl (C=O) groups is 2. The van der Waals surface area contributed by atoms with Gasteiger partial charge in [-0.3, -0.25) is 4.79 Å². The van der Waals surface area contributed by atoms with Crippen molar-refractivity contribution in [3.8, 4) is 0 Å². The molecule has 0 unspecified atom stereocenters. The van der Waals surface area contributed by atoms with E-state index in [2.05, 4.69) is 10.6 Å². The smallest absolute Gasteiger partial charge is 0.340 e. The van der Waals surface area contributed by atoms with Crippen LogP contribution in [-0.4, -0.2) is 31.6 Å². The fourth-order valence-electron chi connectivity index (χ4n) is 1.93. The number of amides is 1. The Labute approximate surface area is 124 Å². The zero-order valence-electron chi connectivity index (χ0n) is 12.1. The SMILES string of the molecule is CCOC(=O)c1cc(NCCNC(=O)C2CC2)ccc1N. The molecule has 0 saturated heterocycles. The van der Waals surface area contributed by atoms with Gasteiger partial charge in [-0.2, -0.15) is 0 Å². The van der Waals surface area contributed by atoms with Crippen LogP contribution in [0.3, 0.4) is 0 Å². The minimum atomic E-state index is -0.430. The van der Waals surface area contributed by atoms with E-state index >= 15 is 0 Å². The van der Waals surface area contributed by atoms with Gasteiger partial charge in [0.1, 0.15) is 0 Å². The summed E-state index contributed by atoms with van der Waals surface area (Å²) in [5.74, 6) is -0.0843. The van der Waals surface area contributed by atoms with Crippen molar-refractivity contribution in [3.63, 3.8) is 0 Å². The van der Waals surface area contributed by atoms with Gasteiger partial charge in [0.25, 0.3) is 0 Å². The fraction of sp³-hybridized carbons (Fsp3) is 0.467. The molecule has 2 rings (SSSR count). The first kappa shape index (κ1) is 15.2. The van der Waals surface area contributed by atoms with E-state index in [4.69, 9.17) is 10.5 Å². The van der Waals surface area contributed by atoms with E-state index in [1.54, 1.807) is 25.1 Å². The lowest BCUT2D eigenvalue weighted by Crippen LogP contribution is -2.29. The third kappa shape index (κ3) is 4.37. The zero-order valence-corrected chi connectivity index (χ0v) is 12.1. The minimum Gasteiger partial charge on any atom is -0.462 e. The largest absolute Gasteiger partial charge is 0.462 e. The highest BCUT2D eigenvalue weighted by Crippen LogP contribution is 2.28. The van der Waals surface area contributed by atoms with Gasteiger partial charge in [0.05, 0.1) is 12.2 Å². The highest BCUT2D eigenvalue weighted by molar-refractivity contribution is 5.96. The van der Waals surface area contributed by atoms with Gasteiger partial charge in [-0.15, -0.1) is 0 Å². The molecule has 1 saturated carbocycles. The topological polar surface area (TPSA) is 93.5 Å². The van der Waals surface area contributed by atoms with Gasteiger partial charge >= 0.3 is 5.97 Å². The molecule has 114 valence electrons. The van der Waals surface area contributed by atoms with Crippen LogP contribution in [0.5, 0.6) is 0 Å². The van der Waals surface area contributed by atoms with E-state index < -0.39 is 5.97 Å². The Morgan fingerprint density at radius 1 is 1.33 bits per heavy atom. The summed E-state index contributed by atoms with van der Waals surface area (Å²) < 4.78 is 4.95. The number of ether oxygens (including phenoxy) is 1. The number of nitrogens with one attached hydrogen (secondary N) is 2. The number of esters is 1. The second-order valence-corrected chi connectivity index (χ2v) is 5.01. The van der Waals surface area contributed by atoms with Crippen LogP contribution in [0.25, 0.3) is 0 Å². The summed E-state index contributed by atoms with van der Waals surface area (Å²) in [5.41, 5.74) is 7.28. The second-order valence-electron chi connectivity index (χ2n) is 5.01. The predicted octanol–water partition coefficient (Wildman–Crippen LogP) is 1.38. The lowest BCUT2D eigenvalue weighted by atomic mass is 10.1. The quantitative estimate of drug-likeness (QED) is 0.401. The van der Waals surface area contributed by atoms with E-state index in [0.717, 1.165) is 18.5 Å². The first-order chi connectivity index (χ1) is 10.1. The first-order valence-corrected chi connectivity index (χ1v) is 7.20. The minimum absolute atomic E-state index is 0.126. The summed E-state index contributed by atoms with van der Waals surface area (Å²) >= 11 is 0. The van der Waals surface area contributed by atoms with Crippen molar-refractivity contribution in [3.05, 3.63) is 23.8 Å². The number of rotatable bonds is 7. The molecule has 21 heavy (non-hydrogen) atoms. The first-order valence-electron chi connectivity index (χ1n) is 7.20. The Morgan fingerprint density at radius 2 is 2.10 bits per heavy atom. The summed E-state index contributed by atoms with van der Waals surface area (Å²) in [7, 11) is 0. The van der Waals surface area contributed by atoms with Crippen molar-refractivity contribution >= 4 is 23.3 Å². The summed E-state index contributed by atoms with van der Waals surface area (Å²) in [6, 6.07) is 5.12. The van der Waals surface area contributed by atoms with E-state index in [1.807, 2.05) is 0 Å². The van der Waals surface area contributed by atoms with Crippen LogP contribution in [0.1, 0.15) is 30.1 Å². The maximum atomic E-state index is 11.7. The monoisotopic (exact) mass is 291 g/mol. The Morgan fingerprint density at radius 3 is 2.76 bits per heavy atom. The number of hydrogen-bond donors (Lipinski definition) is 3. The molecule has 0 radical (unpaired) electrons. The van der Waals surface area contributed by atoms with Crippen LogP contribution >= 0.6 is 0 Å². The molecule has 1 aromatic rings. The van der Waals surface area contributed by atoms with Gasteiger partial charge in [-0.05, 0) is 38.0 Å². The maximum absolute atomic E-state index is 11.7. The van der Waals surface area contributed by atoms with Crippen molar-refractivity contribution < 1.29 is 14.3 Å². The third-order valence-corrected chi connectivity index (χ3v) is 3.25. The van der Waals surface area contributed by atoms with Crippen molar-refractivity contribution in [2.45, 2.75) is 19.8 Å². The molecule has 1 aliphatic rings. The molecule has 1 aromatic carbocycles. The van der Waals surface area contributed by atoms with Crippen LogP contribution in [0, 0.1) is 5.92 Å². The average Bonchev–Trinajstić information content (AvgIpc) is 3.29. The van der Waals surface area contributed by atoms with Gasteiger partial charge in [-0.25, -0.2) is 4.79 Å². The van der Waals surface area contributed by atoms with E-state index in [1.165, 1.54) is 0 Å². The average molecular weight is 291 g/mol. The molecule has 0 heterocycles. The summed E-state index contributed by atoms with van der Waals surface area (Å²) in [4.78, 5) is 23.2. The van der Waals surface area contributed by atoms with E-state index in [9.17, 15) is 9.59 Å². The van der Waals surface area contributed by atoms with Gasteiger partial charge in [0.2, 0.25) is 5.91 Å². The van der Waals surface area contributed by atoms with Crippen molar-refractivity contribution in [1.29, 1.82) is 0 Å². The Bertz CT molecular complexity index is 527. The van der Waals surface area contributed by atoms with Crippen LogP contribution < -0.4 is 16.4 Å². The zero-order chi connectivity index (χ0) is 15.2. The molecule has 6 heteroatoms. The molecule has 0 aliphatic heterocycles. The number of nitrogens with two attached hydrogens (primary N) is 1. The summed E-state index contributed by atoms with van der Waals surface area (Å²) in [6.07, 6.45) is 2.00. The van der Waals surface area contributed by atoms with Crippen LogP contribution in [-0.2, 0) is 9.53 Å². The summed E-state index contributed by atoms with van der Waals surface area (Å²) in [5, 5.41) is 6.01. The summed E-state index contributed by atoms with van der Waals surface area (Å²) in [6.45, 7) is 3.20. The van der Waals surface area contributed by atoms with Crippen molar-refractivity contribution in [1.82, 2.24) is 5.32 Å². The maximum Gasteiger partial charge on any atom is 0.340 e. The fourth-order valence-corrected chi connectivity index (χ4v) is 1.93. The number of hydrogen-bond acceptors (Lipinski definition) is 5. The lowest BCUT2D eigenvalue weighted by Gasteiger charge is -2.10. The standard InChI is InChI=1S/C15H21N3O3/c1-2-21-15(20)12-9-11(5-6-13(12)16)17-7-8-18-14(19)10-3-4-10/h5-6,9-10,17H,2-4,7-8,16H2,1H3,(H,18,19). The number of carbonyl (C=O) groups excluding carboxylic acids is 2. The van der Waals surface area contributed by atoms with Crippen LogP contribution in [0.15, 0.2) is 18.2 Å². The molecule has 6 nitrogen and oxygen atoms in total. The molecule has 1 fully saturated rings. The lowest BCUT2D eigenvalue weighted by molar-refractivity contribution is -0.122. The Hall–Kier alpha value is -2.24. The second kappa shape index (κ2) is 6.97. The number of benzene rings is 1. The van der Waals surface area contributed by atoms with Gasteiger partial charge in [0.15, 0.2) is 0 Å². The molecular weight excluding hydrogens is 270 g/mol. The molecule has 0 aromatic heterocycles. The highest BCUT2D eigenvalue weighted by Gasteiger charge is 2.28. The number of nitrogen functional groups attached to an aromatic ring is 1. The number of anilines is 2. The molecule has 1 amide bonds. The molecule has 0 spiro atoms. The van der Waals surface area contributed by atoms with Crippen molar-refractivity contribution in [2.75, 3.05) is 30.7 Å². The Kier molecular flexibility index (Phi) is 5.03. The van der Waals surface area contributed by atoms with Gasteiger partial charge < -0.3 is 21.1 Å². The van der Waals surface area contributed by atoms with Crippen LogP contribution in [0.2, 0.25) is 0 Å². The van der Waals surface area contributed by atoms with Crippen molar-refractivity contribution in [2.24, 2.45) is 5.92 Å². The van der Waals surface area contributed by atoms with Crippen LogP contribution in [0.4, 0.5) is 11.4 Å². The van der Waals surface area contributed by atoms with E-state index in [-0.39, 0.29) is 11.8 Å². The molecule has 0 atom stereocenters. The van der Waals surface area contributed by atoms with Gasteiger partial charge in [-0.1, -0.05) is 0 Å².